The molecule has 0 unspecified atom stereocenters. The van der Waals surface area contributed by atoms with E-state index in [0.29, 0.717) is 0 Å². The van der Waals surface area contributed by atoms with E-state index in [-0.39, 0.29) is 10.8 Å². The summed E-state index contributed by atoms with van der Waals surface area (Å²) in [6, 6.07) is 4.87. The number of anilines is 1. The lowest BCUT2D eigenvalue weighted by Crippen LogP contribution is -2.43. The van der Waals surface area contributed by atoms with E-state index in [1.807, 2.05) is 0 Å². The van der Waals surface area contributed by atoms with Crippen LogP contribution in [-0.2, 0) is 0 Å². The summed E-state index contributed by atoms with van der Waals surface area (Å²) in [6.07, 6.45) is 0. The topological polar surface area (TPSA) is 15.3 Å². The van der Waals surface area contributed by atoms with E-state index in [1.165, 1.54) is 6.07 Å². The smallest absolute Gasteiger partial charge is 0.141 e. The Balaban J connectivity index is 2.18. The van der Waals surface area contributed by atoms with Gasteiger partial charge in [0.25, 0.3) is 0 Å². The van der Waals surface area contributed by atoms with Crippen LogP contribution in [0.25, 0.3) is 0 Å². The number of nitrogens with zero attached hydrogens (tertiary/aromatic N) is 1. The van der Waals surface area contributed by atoms with Crippen LogP contribution in [0.2, 0.25) is 5.02 Å². The molecule has 0 aliphatic carbocycles. The van der Waals surface area contributed by atoms with E-state index >= 15 is 0 Å². The lowest BCUT2D eigenvalue weighted by molar-refractivity contribution is 0.587. The molecule has 4 heteroatoms. The maximum absolute atomic E-state index is 12.9. The van der Waals surface area contributed by atoms with Gasteiger partial charge in [0.15, 0.2) is 0 Å². The van der Waals surface area contributed by atoms with Gasteiger partial charge in [-0.2, -0.15) is 0 Å². The van der Waals surface area contributed by atoms with Gasteiger partial charge in [0.1, 0.15) is 5.82 Å². The van der Waals surface area contributed by atoms with E-state index in [2.05, 4.69) is 10.2 Å². The van der Waals surface area contributed by atoms with Crippen LogP contribution < -0.4 is 10.2 Å². The van der Waals surface area contributed by atoms with Crippen molar-refractivity contribution in [3.8, 4) is 0 Å². The molecule has 2 nitrogen and oxygen atoms in total. The molecule has 1 aliphatic rings. The average Bonchev–Trinajstić information content (AvgIpc) is 2.23. The fraction of sp³-hybridized carbons (Fsp3) is 0.400. The van der Waals surface area contributed by atoms with Gasteiger partial charge in [-0.15, -0.1) is 0 Å². The van der Waals surface area contributed by atoms with E-state index in [0.717, 1.165) is 31.9 Å². The molecule has 1 fully saturated rings. The highest BCUT2D eigenvalue weighted by molar-refractivity contribution is 6.31. The third kappa shape index (κ3) is 1.99. The van der Waals surface area contributed by atoms with Gasteiger partial charge in [-0.1, -0.05) is 11.6 Å². The zero-order valence-corrected chi connectivity index (χ0v) is 8.52. The highest BCUT2D eigenvalue weighted by Crippen LogP contribution is 2.22. The first-order valence-electron chi connectivity index (χ1n) is 4.68. The van der Waals surface area contributed by atoms with Crippen molar-refractivity contribution in [1.82, 2.24) is 5.32 Å². The largest absolute Gasteiger partial charge is 0.369 e. The first kappa shape index (κ1) is 9.74. The number of rotatable bonds is 1. The van der Waals surface area contributed by atoms with Crippen LogP contribution in [0.15, 0.2) is 18.2 Å². The maximum Gasteiger partial charge on any atom is 0.141 e. The van der Waals surface area contributed by atoms with Crippen LogP contribution in [0.1, 0.15) is 0 Å². The molecule has 0 amide bonds. The molecule has 1 aromatic rings. The number of nitrogens with one attached hydrogen (secondary N) is 1. The average molecular weight is 215 g/mol. The summed E-state index contributed by atoms with van der Waals surface area (Å²) in [5.41, 5.74) is 0.998. The second-order valence-electron chi connectivity index (χ2n) is 3.34. The zero-order chi connectivity index (χ0) is 9.97. The predicted octanol–water partition coefficient (Wildman–Crippen LogP) is 1.89. The van der Waals surface area contributed by atoms with Gasteiger partial charge < -0.3 is 10.2 Å². The minimum absolute atomic E-state index is 0.195. The lowest BCUT2D eigenvalue weighted by Gasteiger charge is -2.29. The van der Waals surface area contributed by atoms with Crippen molar-refractivity contribution in [3.05, 3.63) is 29.0 Å². The fourth-order valence-corrected chi connectivity index (χ4v) is 1.78. The number of halogens is 2. The quantitative estimate of drug-likeness (QED) is 0.768. The SMILES string of the molecule is Fc1ccc(N2CCNCC2)cc1Cl. The Morgan fingerprint density at radius 3 is 2.64 bits per heavy atom. The molecule has 0 radical (unpaired) electrons. The molecule has 1 aliphatic heterocycles. The van der Waals surface area contributed by atoms with Crippen LogP contribution in [0.3, 0.4) is 0 Å². The van der Waals surface area contributed by atoms with Crippen LogP contribution in [0.5, 0.6) is 0 Å². The molecule has 1 N–H and O–H groups in total. The summed E-state index contributed by atoms with van der Waals surface area (Å²) in [5.74, 6) is -0.356. The first-order valence-corrected chi connectivity index (χ1v) is 5.06. The minimum atomic E-state index is -0.356. The highest BCUT2D eigenvalue weighted by atomic mass is 35.5. The predicted molar refractivity (Wildman–Crippen MR) is 56.5 cm³/mol. The third-order valence-corrected chi connectivity index (χ3v) is 2.67. The molecule has 0 bridgehead atoms. The van der Waals surface area contributed by atoms with E-state index in [1.54, 1.807) is 12.1 Å². The summed E-state index contributed by atoms with van der Waals surface area (Å²) in [4.78, 5) is 2.20. The van der Waals surface area contributed by atoms with Crippen molar-refractivity contribution in [3.63, 3.8) is 0 Å². The van der Waals surface area contributed by atoms with Gasteiger partial charge in [-0.05, 0) is 18.2 Å². The molecular formula is C10H12ClFN2. The molecule has 0 spiro atoms. The number of benzene rings is 1. The van der Waals surface area contributed by atoms with Crippen molar-refractivity contribution < 1.29 is 4.39 Å². The van der Waals surface area contributed by atoms with Crippen molar-refractivity contribution in [1.29, 1.82) is 0 Å². The van der Waals surface area contributed by atoms with Crippen molar-refractivity contribution in [2.24, 2.45) is 0 Å². The van der Waals surface area contributed by atoms with Gasteiger partial charge in [-0.25, -0.2) is 4.39 Å². The summed E-state index contributed by atoms with van der Waals surface area (Å²) < 4.78 is 12.9. The van der Waals surface area contributed by atoms with Gasteiger partial charge in [0, 0.05) is 31.9 Å². The monoisotopic (exact) mass is 214 g/mol. The second kappa shape index (κ2) is 4.15. The van der Waals surface area contributed by atoms with E-state index in [4.69, 9.17) is 11.6 Å². The van der Waals surface area contributed by atoms with Crippen molar-refractivity contribution in [2.45, 2.75) is 0 Å². The van der Waals surface area contributed by atoms with E-state index < -0.39 is 0 Å². The Labute approximate surface area is 87.7 Å². The standard InChI is InChI=1S/C10H12ClFN2/c11-9-7-8(1-2-10(9)12)14-5-3-13-4-6-14/h1-2,7,13H,3-6H2. The molecule has 1 aromatic carbocycles. The molecule has 2 rings (SSSR count). The maximum atomic E-state index is 12.9. The van der Waals surface area contributed by atoms with Crippen molar-refractivity contribution >= 4 is 17.3 Å². The zero-order valence-electron chi connectivity index (χ0n) is 7.76. The molecule has 1 heterocycles. The molecule has 14 heavy (non-hydrogen) atoms. The van der Waals surface area contributed by atoms with Crippen molar-refractivity contribution in [2.75, 3.05) is 31.1 Å². The summed E-state index contributed by atoms with van der Waals surface area (Å²) in [5, 5.41) is 3.46. The van der Waals surface area contributed by atoms with Gasteiger partial charge in [0.2, 0.25) is 0 Å². The van der Waals surface area contributed by atoms with E-state index in [9.17, 15) is 4.39 Å². The summed E-state index contributed by atoms with van der Waals surface area (Å²) in [7, 11) is 0. The Morgan fingerprint density at radius 2 is 2.00 bits per heavy atom. The highest BCUT2D eigenvalue weighted by Gasteiger charge is 2.11. The van der Waals surface area contributed by atoms with Crippen LogP contribution in [0, 0.1) is 5.82 Å². The molecule has 0 atom stereocenters. The van der Waals surface area contributed by atoms with Gasteiger partial charge >= 0.3 is 0 Å². The number of hydrogen-bond acceptors (Lipinski definition) is 2. The normalized spacial score (nSPS) is 17.1. The lowest BCUT2D eigenvalue weighted by atomic mass is 10.2. The Kier molecular flexibility index (Phi) is 2.89. The molecule has 1 saturated heterocycles. The summed E-state index contributed by atoms with van der Waals surface area (Å²) >= 11 is 5.72. The molecule has 0 aromatic heterocycles. The second-order valence-corrected chi connectivity index (χ2v) is 3.74. The van der Waals surface area contributed by atoms with Crippen LogP contribution in [0.4, 0.5) is 10.1 Å². The fourth-order valence-electron chi connectivity index (χ4n) is 1.60. The van der Waals surface area contributed by atoms with Gasteiger partial charge in [-0.3, -0.25) is 0 Å². The molecule has 0 saturated carbocycles. The Morgan fingerprint density at radius 1 is 1.29 bits per heavy atom. The first-order chi connectivity index (χ1) is 6.77. The Hall–Kier alpha value is -0.800. The molecule has 76 valence electrons. The number of piperazine rings is 1. The van der Waals surface area contributed by atoms with Crippen LogP contribution in [-0.4, -0.2) is 26.2 Å². The Bertz CT molecular complexity index is 324. The number of hydrogen-bond donors (Lipinski definition) is 1. The van der Waals surface area contributed by atoms with Gasteiger partial charge in [0.05, 0.1) is 5.02 Å². The molecular weight excluding hydrogens is 203 g/mol. The summed E-state index contributed by atoms with van der Waals surface area (Å²) in [6.45, 7) is 3.83. The van der Waals surface area contributed by atoms with Crippen LogP contribution >= 0.6 is 11.6 Å². The minimum Gasteiger partial charge on any atom is -0.369 e. The third-order valence-electron chi connectivity index (χ3n) is 2.39.